The second-order valence-corrected chi connectivity index (χ2v) is 2.49. The van der Waals surface area contributed by atoms with Crippen molar-refractivity contribution in [1.82, 2.24) is 0 Å². The van der Waals surface area contributed by atoms with Crippen LogP contribution in [-0.4, -0.2) is 0 Å². The van der Waals surface area contributed by atoms with E-state index in [4.69, 9.17) is 0 Å². The average Bonchev–Trinajstić information content (AvgIpc) is 2.03. The van der Waals surface area contributed by atoms with Crippen LogP contribution in [0.25, 0.3) is 0 Å². The molecule has 0 bridgehead atoms. The van der Waals surface area contributed by atoms with Crippen molar-refractivity contribution in [3.05, 3.63) is 35.9 Å². The first-order valence-corrected chi connectivity index (χ1v) is 3.89. The molecule has 0 aromatic heterocycles. The smallest absolute Gasteiger partial charge is 0.0149 e. The Bertz CT molecular complexity index is 165. The molecule has 0 saturated heterocycles. The van der Waals surface area contributed by atoms with E-state index in [2.05, 4.69) is 25.1 Å². The molecule has 0 nitrogen and oxygen atoms in total. The van der Waals surface area contributed by atoms with Crippen molar-refractivity contribution in [2.75, 3.05) is 0 Å². The van der Waals surface area contributed by atoms with Crippen LogP contribution in [0.5, 0.6) is 0 Å². The fourth-order valence-corrected chi connectivity index (χ4v) is 0.953. The summed E-state index contributed by atoms with van der Waals surface area (Å²) < 4.78 is 0. The Morgan fingerprint density at radius 2 is 2.30 bits per heavy atom. The number of hydrogen-bond donors (Lipinski definition) is 0. The summed E-state index contributed by atoms with van der Waals surface area (Å²) in [4.78, 5) is 0. The third-order valence-electron chi connectivity index (χ3n) is 1.57. The molecule has 0 fully saturated rings. The molecule has 0 saturated carbocycles. The maximum atomic E-state index is 3.20. The molecule has 0 atom stereocenters. The standard InChI is InChI=1S/C10H13/c1-2-3-7-10-8-5-4-6-9-10/h4-6,8H,2-3,7H2,1H3. The van der Waals surface area contributed by atoms with Crippen LogP contribution in [0.15, 0.2) is 24.3 Å². The van der Waals surface area contributed by atoms with Gasteiger partial charge >= 0.3 is 0 Å². The molecule has 0 heteroatoms. The monoisotopic (exact) mass is 133 g/mol. The van der Waals surface area contributed by atoms with Crippen LogP contribution < -0.4 is 0 Å². The second kappa shape index (κ2) is 4.10. The minimum absolute atomic E-state index is 1.18. The molecule has 0 amide bonds. The van der Waals surface area contributed by atoms with Crippen molar-refractivity contribution in [2.24, 2.45) is 0 Å². The zero-order chi connectivity index (χ0) is 7.23. The molecule has 1 radical (unpaired) electrons. The lowest BCUT2D eigenvalue weighted by molar-refractivity contribution is 0.794. The van der Waals surface area contributed by atoms with E-state index >= 15 is 0 Å². The van der Waals surface area contributed by atoms with Gasteiger partial charge in [0.2, 0.25) is 0 Å². The molecule has 0 aliphatic carbocycles. The first kappa shape index (κ1) is 7.33. The van der Waals surface area contributed by atoms with Crippen LogP contribution in [-0.2, 0) is 6.42 Å². The minimum atomic E-state index is 1.18. The van der Waals surface area contributed by atoms with Crippen molar-refractivity contribution in [1.29, 1.82) is 0 Å². The second-order valence-electron chi connectivity index (χ2n) is 2.49. The predicted octanol–water partition coefficient (Wildman–Crippen LogP) is 2.83. The number of rotatable bonds is 3. The molecule has 0 aliphatic rings. The molecule has 0 aliphatic heterocycles. The van der Waals surface area contributed by atoms with Gasteiger partial charge < -0.3 is 0 Å². The zero-order valence-electron chi connectivity index (χ0n) is 6.43. The SMILES string of the molecule is CCCCc1[c]cccc1. The summed E-state index contributed by atoms with van der Waals surface area (Å²) >= 11 is 0. The molecule has 0 heterocycles. The van der Waals surface area contributed by atoms with Crippen molar-refractivity contribution in [2.45, 2.75) is 26.2 Å². The molecule has 1 rings (SSSR count). The third kappa shape index (κ3) is 2.22. The molecular formula is C10H13. The van der Waals surface area contributed by atoms with Gasteiger partial charge in [-0.05, 0) is 24.5 Å². The van der Waals surface area contributed by atoms with Gasteiger partial charge in [0.05, 0.1) is 0 Å². The summed E-state index contributed by atoms with van der Waals surface area (Å²) in [5, 5.41) is 0. The Balaban J connectivity index is 2.43. The van der Waals surface area contributed by atoms with Crippen molar-refractivity contribution in [3.8, 4) is 0 Å². The van der Waals surface area contributed by atoms with E-state index in [0.29, 0.717) is 0 Å². The number of hydrogen-bond acceptors (Lipinski definition) is 0. The normalized spacial score (nSPS) is 9.70. The molecule has 10 heavy (non-hydrogen) atoms. The molecular weight excluding hydrogens is 120 g/mol. The van der Waals surface area contributed by atoms with Crippen molar-refractivity contribution in [3.63, 3.8) is 0 Å². The molecule has 1 aromatic rings. The minimum Gasteiger partial charge on any atom is -0.0654 e. The van der Waals surface area contributed by atoms with E-state index < -0.39 is 0 Å². The number of benzene rings is 1. The van der Waals surface area contributed by atoms with Gasteiger partial charge in [0.25, 0.3) is 0 Å². The largest absolute Gasteiger partial charge is 0.0654 e. The van der Waals surface area contributed by atoms with Gasteiger partial charge in [-0.3, -0.25) is 0 Å². The van der Waals surface area contributed by atoms with Gasteiger partial charge in [0.1, 0.15) is 0 Å². The summed E-state index contributed by atoms with van der Waals surface area (Å²) in [6.07, 6.45) is 3.72. The van der Waals surface area contributed by atoms with Crippen LogP contribution in [0.3, 0.4) is 0 Å². The predicted molar refractivity (Wildman–Crippen MR) is 43.9 cm³/mol. The lowest BCUT2D eigenvalue weighted by Crippen LogP contribution is -1.82. The molecule has 53 valence electrons. The van der Waals surface area contributed by atoms with Gasteiger partial charge in [0.15, 0.2) is 0 Å². The Labute approximate surface area is 62.9 Å². The Kier molecular flexibility index (Phi) is 3.01. The maximum Gasteiger partial charge on any atom is -0.0149 e. The molecule has 1 aromatic carbocycles. The summed E-state index contributed by atoms with van der Waals surface area (Å²) in [5.41, 5.74) is 1.34. The van der Waals surface area contributed by atoms with Crippen LogP contribution in [0.4, 0.5) is 0 Å². The zero-order valence-corrected chi connectivity index (χ0v) is 6.43. The quantitative estimate of drug-likeness (QED) is 0.594. The van der Waals surface area contributed by atoms with Gasteiger partial charge in [-0.1, -0.05) is 37.6 Å². The summed E-state index contributed by atoms with van der Waals surface area (Å²) in [5.74, 6) is 0. The number of aryl methyl sites for hydroxylation is 1. The van der Waals surface area contributed by atoms with Gasteiger partial charge in [0, 0.05) is 0 Å². The van der Waals surface area contributed by atoms with Crippen LogP contribution in [0.2, 0.25) is 0 Å². The van der Waals surface area contributed by atoms with Gasteiger partial charge in [-0.25, -0.2) is 0 Å². The number of unbranched alkanes of at least 4 members (excludes halogenated alkanes) is 1. The van der Waals surface area contributed by atoms with E-state index in [1.807, 2.05) is 12.1 Å². The average molecular weight is 133 g/mol. The highest BCUT2D eigenvalue weighted by Gasteiger charge is 1.88. The highest BCUT2D eigenvalue weighted by molar-refractivity contribution is 5.12. The summed E-state index contributed by atoms with van der Waals surface area (Å²) in [7, 11) is 0. The van der Waals surface area contributed by atoms with Crippen molar-refractivity contribution < 1.29 is 0 Å². The van der Waals surface area contributed by atoms with E-state index in [-0.39, 0.29) is 0 Å². The fraction of sp³-hybridized carbons (Fsp3) is 0.400. The topological polar surface area (TPSA) is 0 Å². The van der Waals surface area contributed by atoms with E-state index in [1.165, 1.54) is 24.8 Å². The summed E-state index contributed by atoms with van der Waals surface area (Å²) in [6, 6.07) is 11.4. The van der Waals surface area contributed by atoms with E-state index in [9.17, 15) is 0 Å². The van der Waals surface area contributed by atoms with Gasteiger partial charge in [-0.2, -0.15) is 0 Å². The van der Waals surface area contributed by atoms with E-state index in [1.54, 1.807) is 0 Å². The lowest BCUT2D eigenvalue weighted by atomic mass is 10.1. The highest BCUT2D eigenvalue weighted by atomic mass is 13.9. The molecule has 0 N–H and O–H groups in total. The first-order chi connectivity index (χ1) is 4.93. The lowest BCUT2D eigenvalue weighted by Gasteiger charge is -1.95. The maximum absolute atomic E-state index is 3.20. The molecule has 0 unspecified atom stereocenters. The highest BCUT2D eigenvalue weighted by Crippen LogP contribution is 2.02. The van der Waals surface area contributed by atoms with Crippen molar-refractivity contribution >= 4 is 0 Å². The first-order valence-electron chi connectivity index (χ1n) is 3.89. The molecule has 0 spiro atoms. The van der Waals surface area contributed by atoms with Crippen LogP contribution in [0, 0.1) is 6.07 Å². The summed E-state index contributed by atoms with van der Waals surface area (Å²) in [6.45, 7) is 2.21. The van der Waals surface area contributed by atoms with E-state index in [0.717, 1.165) is 0 Å². The third-order valence-corrected chi connectivity index (χ3v) is 1.57. The Hall–Kier alpha value is -0.780. The Morgan fingerprint density at radius 1 is 1.40 bits per heavy atom. The van der Waals surface area contributed by atoms with Crippen LogP contribution in [0.1, 0.15) is 25.3 Å². The van der Waals surface area contributed by atoms with Crippen LogP contribution >= 0.6 is 0 Å². The Morgan fingerprint density at radius 3 is 2.90 bits per heavy atom. The fourth-order valence-electron chi connectivity index (χ4n) is 0.953. The van der Waals surface area contributed by atoms with Gasteiger partial charge in [-0.15, -0.1) is 0 Å².